The van der Waals surface area contributed by atoms with Gasteiger partial charge in [-0.15, -0.1) is 0 Å². The summed E-state index contributed by atoms with van der Waals surface area (Å²) in [6.07, 6.45) is 4.21. The lowest BCUT2D eigenvalue weighted by Crippen LogP contribution is -2.58. The van der Waals surface area contributed by atoms with Crippen LogP contribution in [0.2, 0.25) is 0 Å². The van der Waals surface area contributed by atoms with Crippen molar-refractivity contribution >= 4 is 17.7 Å². The van der Waals surface area contributed by atoms with Crippen LogP contribution in [0.3, 0.4) is 0 Å². The Hall–Kier alpha value is -3.82. The highest BCUT2D eigenvalue weighted by Crippen LogP contribution is 2.37. The van der Waals surface area contributed by atoms with Crippen LogP contribution >= 0.6 is 0 Å². The molecule has 2 unspecified atom stereocenters. The van der Waals surface area contributed by atoms with Crippen molar-refractivity contribution in [3.8, 4) is 0 Å². The highest BCUT2D eigenvalue weighted by atomic mass is 16.2. The molecule has 148 valence electrons. The van der Waals surface area contributed by atoms with Gasteiger partial charge in [-0.3, -0.25) is 19.9 Å². The second kappa shape index (κ2) is 8.68. The lowest BCUT2D eigenvalue weighted by atomic mass is 9.80. The molecule has 1 saturated heterocycles. The van der Waals surface area contributed by atoms with Gasteiger partial charge in [-0.05, 0) is 23.4 Å². The van der Waals surface area contributed by atoms with Crippen LogP contribution in [0.1, 0.15) is 23.1 Å². The fourth-order valence-corrected chi connectivity index (χ4v) is 3.97. The molecule has 5 nitrogen and oxygen atoms in total. The van der Waals surface area contributed by atoms with Gasteiger partial charge in [0.1, 0.15) is 0 Å². The number of likely N-dealkylation sites (tertiary alicyclic amines) is 1. The van der Waals surface area contributed by atoms with E-state index < -0.39 is 17.9 Å². The van der Waals surface area contributed by atoms with Gasteiger partial charge in [-0.25, -0.2) is 0 Å². The molecular formula is C25H22N3O2+. The first-order valence-electron chi connectivity index (χ1n) is 9.90. The largest absolute Gasteiger partial charge is 0.299 e. The van der Waals surface area contributed by atoms with Gasteiger partial charge >= 0.3 is 0 Å². The molecule has 4 rings (SSSR count). The second-order valence-electron chi connectivity index (χ2n) is 7.23. The fraction of sp³-hybridized carbons (Fsp3) is 0.160. The molecule has 0 bridgehead atoms. The van der Waals surface area contributed by atoms with Crippen molar-refractivity contribution in [2.24, 2.45) is 0 Å². The van der Waals surface area contributed by atoms with E-state index in [9.17, 15) is 9.59 Å². The number of piperidine rings is 1. The van der Waals surface area contributed by atoms with Crippen LogP contribution in [0.25, 0.3) is 0 Å². The molecule has 0 saturated carbocycles. The Morgan fingerprint density at radius 2 is 1.47 bits per heavy atom. The summed E-state index contributed by atoms with van der Waals surface area (Å²) in [5, 5.41) is 7.86. The average Bonchev–Trinajstić information content (AvgIpc) is 2.80. The smallest absolute Gasteiger partial charge is 0.272 e. The van der Waals surface area contributed by atoms with Crippen LogP contribution in [0, 0.1) is 5.41 Å². The normalized spacial score (nSPS) is 18.9. The van der Waals surface area contributed by atoms with E-state index >= 15 is 0 Å². The third-order valence-corrected chi connectivity index (χ3v) is 5.44. The van der Waals surface area contributed by atoms with Gasteiger partial charge in [0.15, 0.2) is 12.4 Å². The zero-order valence-corrected chi connectivity index (χ0v) is 16.4. The number of aromatic nitrogens is 1. The Morgan fingerprint density at radius 1 is 0.867 bits per heavy atom. The molecule has 1 aliphatic rings. The molecule has 5 heteroatoms. The van der Waals surface area contributed by atoms with Crippen molar-refractivity contribution in [3.05, 3.63) is 108 Å². The Labute approximate surface area is 175 Å². The summed E-state index contributed by atoms with van der Waals surface area (Å²) < 4.78 is 1.82. The molecule has 0 radical (unpaired) electrons. The van der Waals surface area contributed by atoms with E-state index in [-0.39, 0.29) is 18.0 Å². The number of pyridine rings is 1. The Bertz CT molecular complexity index is 1090. The highest BCUT2D eigenvalue weighted by molar-refractivity contribution is 6.13. The third kappa shape index (κ3) is 3.71. The molecule has 0 aliphatic carbocycles. The predicted octanol–water partition coefficient (Wildman–Crippen LogP) is 3.09. The number of hydrogen-bond donors (Lipinski definition) is 1. The third-order valence-electron chi connectivity index (χ3n) is 5.44. The van der Waals surface area contributed by atoms with Crippen molar-refractivity contribution in [2.45, 2.75) is 18.4 Å². The maximum absolute atomic E-state index is 13.6. The molecule has 2 aromatic carbocycles. The highest BCUT2D eigenvalue weighted by Gasteiger charge is 2.51. The van der Waals surface area contributed by atoms with Crippen LogP contribution in [-0.2, 0) is 16.0 Å². The lowest BCUT2D eigenvalue weighted by molar-refractivity contribution is -0.712. The van der Waals surface area contributed by atoms with Gasteiger partial charge in [0, 0.05) is 18.7 Å². The van der Waals surface area contributed by atoms with Gasteiger partial charge in [0.05, 0.1) is 11.5 Å². The van der Waals surface area contributed by atoms with E-state index in [4.69, 9.17) is 5.41 Å². The molecule has 2 heterocycles. The summed E-state index contributed by atoms with van der Waals surface area (Å²) in [4.78, 5) is 28.1. The lowest BCUT2D eigenvalue weighted by Gasteiger charge is -2.34. The first kappa shape index (κ1) is 19.5. The van der Waals surface area contributed by atoms with E-state index in [1.165, 1.54) is 4.90 Å². The number of nitrogens with zero attached hydrogens (tertiary/aromatic N) is 2. The van der Waals surface area contributed by atoms with Gasteiger partial charge in [0.25, 0.3) is 11.8 Å². The molecule has 3 aromatic rings. The molecule has 1 N–H and O–H groups in total. The van der Waals surface area contributed by atoms with E-state index in [1.807, 2.05) is 95.8 Å². The van der Waals surface area contributed by atoms with Crippen LogP contribution < -0.4 is 4.57 Å². The zero-order valence-electron chi connectivity index (χ0n) is 16.4. The van der Waals surface area contributed by atoms with Crippen molar-refractivity contribution in [2.75, 3.05) is 6.54 Å². The Kier molecular flexibility index (Phi) is 5.64. The maximum atomic E-state index is 13.6. The topological polar surface area (TPSA) is 65.1 Å². The SMILES string of the molecule is N=C=C1C(=O)N(CCc2ccccc2)C(=O)C([n+]2ccccc2)C1c1ccccc1. The monoisotopic (exact) mass is 396 g/mol. The number of carbonyl (C=O) groups excluding carboxylic acids is 2. The number of imide groups is 1. The van der Waals surface area contributed by atoms with Gasteiger partial charge in [0.2, 0.25) is 6.04 Å². The van der Waals surface area contributed by atoms with Gasteiger partial charge in [-0.2, -0.15) is 4.57 Å². The van der Waals surface area contributed by atoms with Gasteiger partial charge in [-0.1, -0.05) is 66.7 Å². The number of rotatable bonds is 5. The summed E-state index contributed by atoms with van der Waals surface area (Å²) in [6, 6.07) is 24.1. The molecule has 1 fully saturated rings. The molecule has 1 aliphatic heterocycles. The van der Waals surface area contributed by atoms with Crippen LogP contribution in [-0.4, -0.2) is 29.1 Å². The maximum Gasteiger partial charge on any atom is 0.299 e. The Morgan fingerprint density at radius 3 is 2.10 bits per heavy atom. The zero-order chi connectivity index (χ0) is 20.9. The predicted molar refractivity (Wildman–Crippen MR) is 113 cm³/mol. The van der Waals surface area contributed by atoms with E-state index in [0.29, 0.717) is 6.42 Å². The first-order valence-corrected chi connectivity index (χ1v) is 9.90. The minimum atomic E-state index is -0.657. The van der Waals surface area contributed by atoms with Crippen molar-refractivity contribution in [1.82, 2.24) is 4.90 Å². The molecule has 0 spiro atoms. The van der Waals surface area contributed by atoms with Crippen molar-refractivity contribution < 1.29 is 14.2 Å². The fourth-order valence-electron chi connectivity index (χ4n) is 3.97. The van der Waals surface area contributed by atoms with Crippen molar-refractivity contribution in [3.63, 3.8) is 0 Å². The summed E-state index contributed by atoms with van der Waals surface area (Å²) >= 11 is 0. The van der Waals surface area contributed by atoms with Crippen LogP contribution in [0.5, 0.6) is 0 Å². The number of carbonyl (C=O) groups is 2. The second-order valence-corrected chi connectivity index (χ2v) is 7.23. The van der Waals surface area contributed by atoms with E-state index in [2.05, 4.69) is 5.87 Å². The number of hydrogen-bond acceptors (Lipinski definition) is 3. The molecular weight excluding hydrogens is 374 g/mol. The minimum absolute atomic E-state index is 0.204. The summed E-state index contributed by atoms with van der Waals surface area (Å²) in [7, 11) is 0. The molecule has 1 aromatic heterocycles. The standard InChI is InChI=1S/C25H22N3O2/c26-18-21-22(20-12-6-2-7-13-20)23(27-15-8-3-9-16-27)25(30)28(24(21)29)17-14-19-10-4-1-5-11-19/h1-13,15-16,22-23,26H,14,17H2/q+1. The number of benzene rings is 2. The summed E-state index contributed by atoms with van der Waals surface area (Å²) in [6.45, 7) is 0.262. The molecule has 2 atom stereocenters. The summed E-state index contributed by atoms with van der Waals surface area (Å²) in [5.74, 6) is 1.09. The Balaban J connectivity index is 1.75. The van der Waals surface area contributed by atoms with Crippen LogP contribution in [0.15, 0.2) is 96.8 Å². The summed E-state index contributed by atoms with van der Waals surface area (Å²) in [5.41, 5.74) is 2.07. The van der Waals surface area contributed by atoms with E-state index in [0.717, 1.165) is 11.1 Å². The number of nitrogens with one attached hydrogen (secondary N) is 1. The first-order chi connectivity index (χ1) is 14.7. The quantitative estimate of drug-likeness (QED) is 0.312. The molecule has 2 amide bonds. The average molecular weight is 396 g/mol. The minimum Gasteiger partial charge on any atom is -0.272 e. The van der Waals surface area contributed by atoms with E-state index in [1.54, 1.807) is 0 Å². The number of amides is 2. The van der Waals surface area contributed by atoms with Gasteiger partial charge < -0.3 is 0 Å². The van der Waals surface area contributed by atoms with Crippen molar-refractivity contribution in [1.29, 1.82) is 5.41 Å². The molecule has 30 heavy (non-hydrogen) atoms. The van der Waals surface area contributed by atoms with Crippen LogP contribution in [0.4, 0.5) is 0 Å².